The lowest BCUT2D eigenvalue weighted by Gasteiger charge is -2.43. The number of halogens is 2. The van der Waals surface area contributed by atoms with Gasteiger partial charge in [0.1, 0.15) is 12.2 Å². The van der Waals surface area contributed by atoms with E-state index in [-0.39, 0.29) is 11.7 Å². The van der Waals surface area contributed by atoms with Crippen LogP contribution in [0.15, 0.2) is 36.4 Å². The SMILES string of the molecule is CCC(C)c1ccc2c(c1)C1OCCOC1C(c1cccc(F)c1F)N2. The summed E-state index contributed by atoms with van der Waals surface area (Å²) in [5.74, 6) is -1.24. The molecule has 0 bridgehead atoms. The fourth-order valence-electron chi connectivity index (χ4n) is 3.83. The predicted octanol–water partition coefficient (Wildman–Crippen LogP) is 5.10. The first-order valence-electron chi connectivity index (χ1n) is 9.17. The second-order valence-corrected chi connectivity index (χ2v) is 7.05. The Balaban J connectivity index is 1.78. The number of rotatable bonds is 3. The van der Waals surface area contributed by atoms with Crippen molar-refractivity contribution in [3.8, 4) is 0 Å². The predicted molar refractivity (Wildman–Crippen MR) is 96.3 cm³/mol. The van der Waals surface area contributed by atoms with Crippen molar-refractivity contribution >= 4 is 5.69 Å². The van der Waals surface area contributed by atoms with Crippen LogP contribution in [0, 0.1) is 11.6 Å². The Morgan fingerprint density at radius 3 is 2.73 bits per heavy atom. The minimum absolute atomic E-state index is 0.266. The van der Waals surface area contributed by atoms with Gasteiger partial charge in [0.05, 0.1) is 19.3 Å². The highest BCUT2D eigenvalue weighted by atomic mass is 19.2. The average molecular weight is 359 g/mol. The van der Waals surface area contributed by atoms with Crippen LogP contribution in [-0.4, -0.2) is 19.3 Å². The van der Waals surface area contributed by atoms with Gasteiger partial charge in [-0.25, -0.2) is 8.78 Å². The van der Waals surface area contributed by atoms with Crippen molar-refractivity contribution < 1.29 is 18.3 Å². The van der Waals surface area contributed by atoms with Crippen LogP contribution in [-0.2, 0) is 9.47 Å². The number of nitrogens with one attached hydrogen (secondary N) is 1. The third-order valence-corrected chi connectivity index (χ3v) is 5.51. The maximum atomic E-state index is 14.4. The van der Waals surface area contributed by atoms with E-state index in [4.69, 9.17) is 9.47 Å². The summed E-state index contributed by atoms with van der Waals surface area (Å²) >= 11 is 0. The van der Waals surface area contributed by atoms with E-state index in [1.54, 1.807) is 6.07 Å². The van der Waals surface area contributed by atoms with Crippen LogP contribution in [0.4, 0.5) is 14.5 Å². The maximum absolute atomic E-state index is 14.4. The lowest BCUT2D eigenvalue weighted by molar-refractivity contribution is -0.151. The van der Waals surface area contributed by atoms with E-state index < -0.39 is 23.8 Å². The molecule has 0 saturated carbocycles. The maximum Gasteiger partial charge on any atom is 0.164 e. The van der Waals surface area contributed by atoms with Crippen molar-refractivity contribution in [3.63, 3.8) is 0 Å². The number of ether oxygens (including phenoxy) is 2. The number of benzene rings is 2. The normalized spacial score (nSPS) is 25.8. The van der Waals surface area contributed by atoms with E-state index in [2.05, 4.69) is 31.3 Å². The summed E-state index contributed by atoms with van der Waals surface area (Å²) in [6.07, 6.45) is 0.353. The first-order chi connectivity index (χ1) is 12.6. The Morgan fingerprint density at radius 1 is 1.12 bits per heavy atom. The molecular formula is C21H23F2NO2. The molecule has 2 aromatic rings. The molecule has 138 valence electrons. The second kappa shape index (κ2) is 6.97. The monoisotopic (exact) mass is 359 g/mol. The van der Waals surface area contributed by atoms with Gasteiger partial charge in [-0.2, -0.15) is 0 Å². The van der Waals surface area contributed by atoms with Crippen LogP contribution >= 0.6 is 0 Å². The van der Waals surface area contributed by atoms with Gasteiger partial charge in [-0.15, -0.1) is 0 Å². The molecule has 4 atom stereocenters. The Labute approximate surface area is 152 Å². The average Bonchev–Trinajstić information content (AvgIpc) is 2.68. The zero-order chi connectivity index (χ0) is 18.3. The molecule has 1 saturated heterocycles. The van der Waals surface area contributed by atoms with Gasteiger partial charge in [0.2, 0.25) is 0 Å². The summed E-state index contributed by atoms with van der Waals surface area (Å²) in [5.41, 5.74) is 3.43. The number of anilines is 1. The van der Waals surface area contributed by atoms with Gasteiger partial charge in [0.25, 0.3) is 0 Å². The molecule has 0 radical (unpaired) electrons. The molecule has 1 fully saturated rings. The van der Waals surface area contributed by atoms with Crippen molar-refractivity contribution in [2.75, 3.05) is 18.5 Å². The van der Waals surface area contributed by atoms with E-state index in [0.29, 0.717) is 19.1 Å². The topological polar surface area (TPSA) is 30.5 Å². The van der Waals surface area contributed by atoms with Gasteiger partial charge in [-0.1, -0.05) is 38.1 Å². The summed E-state index contributed by atoms with van der Waals surface area (Å²) in [5, 5.41) is 3.35. The molecule has 2 aliphatic rings. The van der Waals surface area contributed by atoms with Gasteiger partial charge in [-0.3, -0.25) is 0 Å². The van der Waals surface area contributed by atoms with E-state index >= 15 is 0 Å². The molecule has 0 aliphatic carbocycles. The molecule has 1 N–H and O–H groups in total. The fraction of sp³-hybridized carbons (Fsp3) is 0.429. The molecule has 0 aromatic heterocycles. The van der Waals surface area contributed by atoms with Gasteiger partial charge in [-0.05, 0) is 30.0 Å². The first-order valence-corrected chi connectivity index (χ1v) is 9.17. The fourth-order valence-corrected chi connectivity index (χ4v) is 3.83. The smallest absolute Gasteiger partial charge is 0.164 e. The Morgan fingerprint density at radius 2 is 1.92 bits per heavy atom. The van der Waals surface area contributed by atoms with Gasteiger partial charge < -0.3 is 14.8 Å². The lowest BCUT2D eigenvalue weighted by Crippen LogP contribution is -2.43. The quantitative estimate of drug-likeness (QED) is 0.827. The molecule has 5 heteroatoms. The molecule has 2 aromatic carbocycles. The molecule has 0 spiro atoms. The zero-order valence-corrected chi connectivity index (χ0v) is 15.0. The van der Waals surface area contributed by atoms with E-state index in [9.17, 15) is 8.78 Å². The van der Waals surface area contributed by atoms with Crippen molar-refractivity contribution in [1.29, 1.82) is 0 Å². The van der Waals surface area contributed by atoms with Gasteiger partial charge >= 0.3 is 0 Å². The van der Waals surface area contributed by atoms with Gasteiger partial charge in [0, 0.05) is 16.8 Å². The number of hydrogen-bond acceptors (Lipinski definition) is 3. The van der Waals surface area contributed by atoms with Crippen molar-refractivity contribution in [2.45, 2.75) is 44.4 Å². The summed E-state index contributed by atoms with van der Waals surface area (Å²) < 4.78 is 40.2. The minimum Gasteiger partial charge on any atom is -0.375 e. The lowest BCUT2D eigenvalue weighted by atomic mass is 9.85. The molecular weight excluding hydrogens is 336 g/mol. The highest BCUT2D eigenvalue weighted by molar-refractivity contribution is 5.59. The largest absolute Gasteiger partial charge is 0.375 e. The van der Waals surface area contributed by atoms with E-state index in [1.807, 2.05) is 6.07 Å². The van der Waals surface area contributed by atoms with Crippen LogP contribution in [0.3, 0.4) is 0 Å². The Kier molecular flexibility index (Phi) is 4.67. The van der Waals surface area contributed by atoms with Crippen LogP contribution in [0.1, 0.15) is 55.0 Å². The summed E-state index contributed by atoms with van der Waals surface area (Å²) in [7, 11) is 0. The number of fused-ring (bicyclic) bond motifs is 3. The van der Waals surface area contributed by atoms with Crippen LogP contribution in [0.25, 0.3) is 0 Å². The number of hydrogen-bond donors (Lipinski definition) is 1. The molecule has 2 aliphatic heterocycles. The Bertz CT molecular complexity index is 811. The Hall–Kier alpha value is -1.98. The molecule has 0 amide bonds. The second-order valence-electron chi connectivity index (χ2n) is 7.05. The summed E-state index contributed by atoms with van der Waals surface area (Å²) in [6.45, 7) is 5.29. The third-order valence-electron chi connectivity index (χ3n) is 5.51. The molecule has 2 heterocycles. The van der Waals surface area contributed by atoms with E-state index in [1.165, 1.54) is 11.6 Å². The molecule has 26 heavy (non-hydrogen) atoms. The summed E-state index contributed by atoms with van der Waals surface area (Å²) in [4.78, 5) is 0. The van der Waals surface area contributed by atoms with Crippen molar-refractivity contribution in [2.24, 2.45) is 0 Å². The first kappa shape index (κ1) is 17.4. The molecule has 4 unspecified atom stereocenters. The molecule has 3 nitrogen and oxygen atoms in total. The molecule has 4 rings (SSSR count). The summed E-state index contributed by atoms with van der Waals surface area (Å²) in [6, 6.07) is 10.0. The van der Waals surface area contributed by atoms with Crippen LogP contribution in [0.5, 0.6) is 0 Å². The van der Waals surface area contributed by atoms with Crippen LogP contribution < -0.4 is 5.32 Å². The van der Waals surface area contributed by atoms with Crippen molar-refractivity contribution in [1.82, 2.24) is 0 Å². The van der Waals surface area contributed by atoms with Crippen LogP contribution in [0.2, 0.25) is 0 Å². The van der Waals surface area contributed by atoms with Crippen molar-refractivity contribution in [3.05, 3.63) is 64.7 Å². The highest BCUT2D eigenvalue weighted by Crippen LogP contribution is 2.45. The minimum atomic E-state index is -0.851. The standard InChI is InChI=1S/C21H23F2NO2/c1-3-12(2)13-7-8-17-15(11-13)20-21(26-10-9-25-20)19(24-17)14-5-4-6-16(22)18(14)23/h4-8,11-12,19-21,24H,3,9-10H2,1-2H3. The van der Waals surface area contributed by atoms with E-state index in [0.717, 1.165) is 23.7 Å². The van der Waals surface area contributed by atoms with Gasteiger partial charge in [0.15, 0.2) is 11.6 Å². The third kappa shape index (κ3) is 2.89. The zero-order valence-electron chi connectivity index (χ0n) is 15.0. The highest BCUT2D eigenvalue weighted by Gasteiger charge is 2.42.